The van der Waals surface area contributed by atoms with Crippen molar-refractivity contribution in [2.24, 2.45) is 10.9 Å². The first kappa shape index (κ1) is 20.0. The molecule has 1 saturated carbocycles. The number of anilines is 1. The number of nitrogens with zero attached hydrogens (tertiary/aromatic N) is 1. The first-order valence-electron chi connectivity index (χ1n) is 10.4. The van der Waals surface area contributed by atoms with Crippen molar-refractivity contribution >= 4 is 23.0 Å². The van der Waals surface area contributed by atoms with Crippen molar-refractivity contribution in [2.45, 2.75) is 32.2 Å². The van der Waals surface area contributed by atoms with Gasteiger partial charge in [0.05, 0.1) is 19.8 Å². The molecule has 29 heavy (non-hydrogen) atoms. The average Bonchev–Trinajstić information content (AvgIpc) is 3.47. The van der Waals surface area contributed by atoms with E-state index < -0.39 is 0 Å². The van der Waals surface area contributed by atoms with E-state index in [1.165, 1.54) is 18.4 Å². The number of rotatable bonds is 9. The lowest BCUT2D eigenvalue weighted by Gasteiger charge is -2.14. The Balaban J connectivity index is 1.33. The monoisotopic (exact) mass is 415 g/mol. The molecule has 1 aliphatic heterocycles. The molecule has 0 unspecified atom stereocenters. The molecule has 6 nitrogen and oxygen atoms in total. The minimum absolute atomic E-state index is 0.640. The lowest BCUT2D eigenvalue weighted by Crippen LogP contribution is -2.32. The molecule has 0 spiro atoms. The Bertz CT molecular complexity index is 791. The van der Waals surface area contributed by atoms with Gasteiger partial charge in [-0.3, -0.25) is 0 Å². The summed E-state index contributed by atoms with van der Waals surface area (Å²) < 4.78 is 17.2. The lowest BCUT2D eigenvalue weighted by atomic mass is 10.2. The van der Waals surface area contributed by atoms with Crippen LogP contribution in [-0.4, -0.2) is 38.9 Å². The SMILES string of the molecule is c1cc(CN=C(NCCCOCC2CC2)Nc2ccc3c(c2)OCCCO3)cs1. The first-order chi connectivity index (χ1) is 14.4. The fourth-order valence-corrected chi connectivity index (χ4v) is 3.65. The highest BCUT2D eigenvalue weighted by Crippen LogP contribution is 2.32. The van der Waals surface area contributed by atoms with Crippen LogP contribution in [0.3, 0.4) is 0 Å². The van der Waals surface area contributed by atoms with Gasteiger partial charge in [0.2, 0.25) is 0 Å². The van der Waals surface area contributed by atoms with Gasteiger partial charge in [0, 0.05) is 37.9 Å². The molecule has 0 saturated heterocycles. The van der Waals surface area contributed by atoms with E-state index in [4.69, 9.17) is 19.2 Å². The number of hydrogen-bond acceptors (Lipinski definition) is 5. The van der Waals surface area contributed by atoms with Gasteiger partial charge in [0.15, 0.2) is 17.5 Å². The highest BCUT2D eigenvalue weighted by atomic mass is 32.1. The van der Waals surface area contributed by atoms with Gasteiger partial charge >= 0.3 is 0 Å². The molecule has 0 amide bonds. The second-order valence-corrected chi connectivity index (χ2v) is 8.21. The van der Waals surface area contributed by atoms with Gasteiger partial charge in [-0.15, -0.1) is 0 Å². The van der Waals surface area contributed by atoms with Gasteiger partial charge in [0.1, 0.15) is 0 Å². The Morgan fingerprint density at radius 3 is 2.90 bits per heavy atom. The van der Waals surface area contributed by atoms with Crippen molar-refractivity contribution in [3.05, 3.63) is 40.6 Å². The maximum atomic E-state index is 5.80. The molecule has 1 aromatic carbocycles. The van der Waals surface area contributed by atoms with E-state index in [9.17, 15) is 0 Å². The van der Waals surface area contributed by atoms with Crippen LogP contribution in [0, 0.1) is 5.92 Å². The molecule has 2 heterocycles. The molecule has 4 rings (SSSR count). The first-order valence-corrected chi connectivity index (χ1v) is 11.3. The number of ether oxygens (including phenoxy) is 3. The highest BCUT2D eigenvalue weighted by molar-refractivity contribution is 7.07. The number of hydrogen-bond donors (Lipinski definition) is 2. The van der Waals surface area contributed by atoms with Gasteiger partial charge < -0.3 is 24.8 Å². The Morgan fingerprint density at radius 1 is 1.17 bits per heavy atom. The molecule has 2 N–H and O–H groups in total. The summed E-state index contributed by atoms with van der Waals surface area (Å²) >= 11 is 1.69. The number of thiophene rings is 1. The minimum Gasteiger partial charge on any atom is -0.490 e. The molecule has 2 aromatic rings. The molecule has 0 atom stereocenters. The molecular formula is C22H29N3O3S. The number of fused-ring (bicyclic) bond motifs is 1. The van der Waals surface area contributed by atoms with Crippen molar-refractivity contribution < 1.29 is 14.2 Å². The lowest BCUT2D eigenvalue weighted by molar-refractivity contribution is 0.123. The third-order valence-electron chi connectivity index (χ3n) is 4.82. The van der Waals surface area contributed by atoms with Crippen molar-refractivity contribution in [3.63, 3.8) is 0 Å². The van der Waals surface area contributed by atoms with E-state index in [0.717, 1.165) is 61.7 Å². The van der Waals surface area contributed by atoms with Crippen LogP contribution in [0.2, 0.25) is 0 Å². The van der Waals surface area contributed by atoms with E-state index >= 15 is 0 Å². The zero-order chi connectivity index (χ0) is 19.7. The highest BCUT2D eigenvalue weighted by Gasteiger charge is 2.20. The van der Waals surface area contributed by atoms with E-state index in [0.29, 0.717) is 19.8 Å². The normalized spacial score (nSPS) is 16.3. The van der Waals surface area contributed by atoms with Gasteiger partial charge in [-0.05, 0) is 59.7 Å². The fraction of sp³-hybridized carbons (Fsp3) is 0.500. The third-order valence-corrected chi connectivity index (χ3v) is 5.55. The van der Waals surface area contributed by atoms with Gasteiger partial charge in [0.25, 0.3) is 0 Å². The molecule has 1 aromatic heterocycles. The van der Waals surface area contributed by atoms with E-state index in [1.807, 2.05) is 18.2 Å². The number of nitrogens with one attached hydrogen (secondary N) is 2. The van der Waals surface area contributed by atoms with Crippen LogP contribution in [0.25, 0.3) is 0 Å². The Morgan fingerprint density at radius 2 is 2.07 bits per heavy atom. The zero-order valence-corrected chi connectivity index (χ0v) is 17.5. The van der Waals surface area contributed by atoms with Crippen LogP contribution in [0.4, 0.5) is 5.69 Å². The second-order valence-electron chi connectivity index (χ2n) is 7.43. The summed E-state index contributed by atoms with van der Waals surface area (Å²) in [5.74, 6) is 3.14. The predicted molar refractivity (Wildman–Crippen MR) is 117 cm³/mol. The average molecular weight is 416 g/mol. The minimum atomic E-state index is 0.640. The summed E-state index contributed by atoms with van der Waals surface area (Å²) in [6.07, 6.45) is 4.51. The van der Waals surface area contributed by atoms with Crippen LogP contribution in [-0.2, 0) is 11.3 Å². The van der Waals surface area contributed by atoms with Gasteiger partial charge in [-0.25, -0.2) is 4.99 Å². The van der Waals surface area contributed by atoms with Crippen molar-refractivity contribution in [3.8, 4) is 11.5 Å². The van der Waals surface area contributed by atoms with Crippen molar-refractivity contribution in [1.82, 2.24) is 5.32 Å². The third kappa shape index (κ3) is 6.65. The summed E-state index contributed by atoms with van der Waals surface area (Å²) in [4.78, 5) is 4.74. The zero-order valence-electron chi connectivity index (χ0n) is 16.7. The summed E-state index contributed by atoms with van der Waals surface area (Å²) in [6.45, 7) is 4.51. The standard InChI is InChI=1S/C22H29N3O3S/c1(9-26-15-17-3-4-17)8-23-22(24-14-18-7-12-29-16-18)25-19-5-6-20-21(13-19)28-11-2-10-27-20/h5-7,12-13,16-17H,1-4,8-11,14-15H2,(H2,23,24,25). The van der Waals surface area contributed by atoms with Crippen molar-refractivity contribution in [1.29, 1.82) is 0 Å². The molecule has 2 aliphatic rings. The summed E-state index contributed by atoms with van der Waals surface area (Å²) in [5.41, 5.74) is 2.14. The maximum absolute atomic E-state index is 5.80. The van der Waals surface area contributed by atoms with Gasteiger partial charge in [-0.2, -0.15) is 11.3 Å². The van der Waals surface area contributed by atoms with Crippen molar-refractivity contribution in [2.75, 3.05) is 38.3 Å². The number of aliphatic imine (C=N–C) groups is 1. The summed E-state index contributed by atoms with van der Waals surface area (Å²) in [7, 11) is 0. The number of guanidine groups is 1. The molecule has 0 radical (unpaired) electrons. The molecule has 0 bridgehead atoms. The molecule has 1 fully saturated rings. The van der Waals surface area contributed by atoms with Crippen LogP contribution < -0.4 is 20.1 Å². The molecule has 156 valence electrons. The van der Waals surface area contributed by atoms with E-state index in [1.54, 1.807) is 11.3 Å². The maximum Gasteiger partial charge on any atom is 0.196 e. The van der Waals surface area contributed by atoms with E-state index in [-0.39, 0.29) is 0 Å². The smallest absolute Gasteiger partial charge is 0.196 e. The number of benzene rings is 1. The van der Waals surface area contributed by atoms with E-state index in [2.05, 4.69) is 27.5 Å². The molecule has 1 aliphatic carbocycles. The van der Waals surface area contributed by atoms with Crippen LogP contribution in [0.1, 0.15) is 31.2 Å². The summed E-state index contributed by atoms with van der Waals surface area (Å²) in [6, 6.07) is 8.02. The molecule has 7 heteroatoms. The quantitative estimate of drug-likeness (QED) is 0.364. The van der Waals surface area contributed by atoms with Crippen LogP contribution in [0.5, 0.6) is 11.5 Å². The van der Waals surface area contributed by atoms with Crippen LogP contribution in [0.15, 0.2) is 40.0 Å². The fourth-order valence-electron chi connectivity index (χ4n) is 2.99. The Hall–Kier alpha value is -2.25. The molecular weight excluding hydrogens is 386 g/mol. The second kappa shape index (κ2) is 10.5. The van der Waals surface area contributed by atoms with Gasteiger partial charge in [-0.1, -0.05) is 0 Å². The topological polar surface area (TPSA) is 64.1 Å². The predicted octanol–water partition coefficient (Wildman–Crippen LogP) is 4.28. The Labute approximate surface area is 176 Å². The summed E-state index contributed by atoms with van der Waals surface area (Å²) in [5, 5.41) is 11.0. The largest absolute Gasteiger partial charge is 0.490 e. The Kier molecular flexibility index (Phi) is 7.26. The van der Waals surface area contributed by atoms with Crippen LogP contribution >= 0.6 is 11.3 Å².